The smallest absolute Gasteiger partial charge is 0.191 e. The van der Waals surface area contributed by atoms with E-state index < -0.39 is 0 Å². The minimum atomic E-state index is 0. The van der Waals surface area contributed by atoms with Crippen molar-refractivity contribution < 1.29 is 0 Å². The van der Waals surface area contributed by atoms with E-state index in [1.165, 1.54) is 18.4 Å². The standard InChI is InChI=1S/C24H30N6.HI/c1-25-24(28-18-23-26-16-21(29-23)19-10-4-2-5-11-19)27-17-22(30-14-8-9-15-30)20-12-6-3-7-13-20;/h2-7,10-13,16,22H,8-9,14-15,17-18H2,1H3,(H,26,29)(H2,25,27,28);1H. The Morgan fingerprint density at radius 1 is 1.03 bits per heavy atom. The van der Waals surface area contributed by atoms with E-state index in [4.69, 9.17) is 0 Å². The molecule has 1 unspecified atom stereocenters. The summed E-state index contributed by atoms with van der Waals surface area (Å²) in [6.07, 6.45) is 4.43. The number of H-pyrrole nitrogens is 1. The molecule has 0 aliphatic carbocycles. The summed E-state index contributed by atoms with van der Waals surface area (Å²) in [6, 6.07) is 21.3. The highest BCUT2D eigenvalue weighted by atomic mass is 127. The number of imidazole rings is 1. The van der Waals surface area contributed by atoms with Crippen LogP contribution < -0.4 is 10.6 Å². The van der Waals surface area contributed by atoms with Gasteiger partial charge in [0.1, 0.15) is 5.82 Å². The first kappa shape index (κ1) is 23.3. The predicted molar refractivity (Wildman–Crippen MR) is 138 cm³/mol. The highest BCUT2D eigenvalue weighted by Crippen LogP contribution is 2.24. The highest BCUT2D eigenvalue weighted by Gasteiger charge is 2.23. The van der Waals surface area contributed by atoms with Gasteiger partial charge in [0.25, 0.3) is 0 Å². The molecule has 1 aliphatic rings. The van der Waals surface area contributed by atoms with E-state index >= 15 is 0 Å². The van der Waals surface area contributed by atoms with E-state index in [9.17, 15) is 0 Å². The molecule has 31 heavy (non-hydrogen) atoms. The van der Waals surface area contributed by atoms with Crippen LogP contribution in [0.25, 0.3) is 11.3 Å². The van der Waals surface area contributed by atoms with Crippen molar-refractivity contribution >= 4 is 29.9 Å². The van der Waals surface area contributed by atoms with Gasteiger partial charge in [-0.1, -0.05) is 60.7 Å². The molecule has 2 aromatic carbocycles. The third-order valence-electron chi connectivity index (χ3n) is 5.59. The number of halogens is 1. The first-order valence-corrected chi connectivity index (χ1v) is 10.7. The van der Waals surface area contributed by atoms with Crippen LogP contribution in [0.4, 0.5) is 0 Å². The molecule has 1 saturated heterocycles. The second-order valence-electron chi connectivity index (χ2n) is 7.59. The fraction of sp³-hybridized carbons (Fsp3) is 0.333. The largest absolute Gasteiger partial charge is 0.354 e. The SMILES string of the molecule is CN=C(NCc1ncc(-c2ccccc2)[nH]1)NCC(c1ccccc1)N1CCCC1.I. The average molecular weight is 530 g/mol. The van der Waals surface area contributed by atoms with Gasteiger partial charge in [-0.25, -0.2) is 4.98 Å². The lowest BCUT2D eigenvalue weighted by atomic mass is 10.1. The normalized spacial score (nSPS) is 15.3. The second-order valence-corrected chi connectivity index (χ2v) is 7.59. The predicted octanol–water partition coefficient (Wildman–Crippen LogP) is 4.20. The molecule has 7 heteroatoms. The molecule has 3 N–H and O–H groups in total. The molecule has 3 aromatic rings. The lowest BCUT2D eigenvalue weighted by Crippen LogP contribution is -2.42. The van der Waals surface area contributed by atoms with Gasteiger partial charge in [0, 0.05) is 13.6 Å². The van der Waals surface area contributed by atoms with Crippen LogP contribution in [0.3, 0.4) is 0 Å². The Labute approximate surface area is 201 Å². The molecule has 1 aliphatic heterocycles. The van der Waals surface area contributed by atoms with Crippen molar-refractivity contribution in [1.29, 1.82) is 0 Å². The Kier molecular flexibility index (Phi) is 8.90. The molecule has 0 spiro atoms. The molecule has 1 fully saturated rings. The first-order chi connectivity index (χ1) is 14.8. The molecule has 0 bridgehead atoms. The van der Waals surface area contributed by atoms with Crippen LogP contribution in [-0.2, 0) is 6.54 Å². The number of nitrogens with one attached hydrogen (secondary N) is 3. The summed E-state index contributed by atoms with van der Waals surface area (Å²) in [5.41, 5.74) is 3.50. The van der Waals surface area contributed by atoms with Crippen molar-refractivity contribution in [3.05, 3.63) is 78.2 Å². The van der Waals surface area contributed by atoms with Gasteiger partial charge in [0.05, 0.1) is 24.5 Å². The van der Waals surface area contributed by atoms with E-state index in [1.54, 1.807) is 7.05 Å². The molecule has 1 atom stereocenters. The lowest BCUT2D eigenvalue weighted by Gasteiger charge is -2.28. The van der Waals surface area contributed by atoms with Crippen LogP contribution in [0.5, 0.6) is 0 Å². The van der Waals surface area contributed by atoms with E-state index in [1.807, 2.05) is 24.4 Å². The lowest BCUT2D eigenvalue weighted by molar-refractivity contribution is 0.245. The minimum Gasteiger partial charge on any atom is -0.354 e. The zero-order valence-electron chi connectivity index (χ0n) is 17.9. The van der Waals surface area contributed by atoms with Gasteiger partial charge in [-0.3, -0.25) is 9.89 Å². The topological polar surface area (TPSA) is 68.3 Å². The Bertz CT molecular complexity index is 935. The van der Waals surface area contributed by atoms with Gasteiger partial charge in [-0.15, -0.1) is 24.0 Å². The number of aromatic nitrogens is 2. The summed E-state index contributed by atoms with van der Waals surface area (Å²) in [6.45, 7) is 3.72. The quantitative estimate of drug-likeness (QED) is 0.244. The molecule has 0 saturated carbocycles. The van der Waals surface area contributed by atoms with E-state index in [0.29, 0.717) is 12.6 Å². The van der Waals surface area contributed by atoms with E-state index in [-0.39, 0.29) is 24.0 Å². The van der Waals surface area contributed by atoms with Crippen LogP contribution >= 0.6 is 24.0 Å². The summed E-state index contributed by atoms with van der Waals surface area (Å²) < 4.78 is 0. The van der Waals surface area contributed by atoms with Crippen molar-refractivity contribution in [1.82, 2.24) is 25.5 Å². The third-order valence-corrected chi connectivity index (χ3v) is 5.59. The summed E-state index contributed by atoms with van der Waals surface area (Å²) in [5, 5.41) is 6.88. The highest BCUT2D eigenvalue weighted by molar-refractivity contribution is 14.0. The van der Waals surface area contributed by atoms with Gasteiger partial charge < -0.3 is 15.6 Å². The fourth-order valence-electron chi connectivity index (χ4n) is 3.98. The third kappa shape index (κ3) is 6.30. The number of hydrogen-bond acceptors (Lipinski definition) is 3. The monoisotopic (exact) mass is 530 g/mol. The summed E-state index contributed by atoms with van der Waals surface area (Å²) in [7, 11) is 1.81. The maximum absolute atomic E-state index is 4.50. The van der Waals surface area contributed by atoms with Crippen molar-refractivity contribution in [3.8, 4) is 11.3 Å². The van der Waals surface area contributed by atoms with Crippen molar-refractivity contribution in [3.63, 3.8) is 0 Å². The van der Waals surface area contributed by atoms with Crippen LogP contribution in [0.2, 0.25) is 0 Å². The molecular formula is C24H31IN6. The van der Waals surface area contributed by atoms with Gasteiger partial charge in [0.2, 0.25) is 0 Å². The number of likely N-dealkylation sites (tertiary alicyclic amines) is 1. The van der Waals surface area contributed by atoms with Crippen LogP contribution in [0.1, 0.15) is 30.3 Å². The summed E-state index contributed by atoms with van der Waals surface area (Å²) in [4.78, 5) is 14.8. The number of guanidine groups is 1. The molecule has 0 radical (unpaired) electrons. The second kappa shape index (κ2) is 11.9. The Hall–Kier alpha value is -2.39. The molecule has 4 rings (SSSR count). The number of rotatable bonds is 7. The number of hydrogen-bond donors (Lipinski definition) is 3. The minimum absolute atomic E-state index is 0. The maximum atomic E-state index is 4.50. The van der Waals surface area contributed by atoms with Crippen molar-refractivity contribution in [2.45, 2.75) is 25.4 Å². The number of nitrogens with zero attached hydrogens (tertiary/aromatic N) is 3. The molecular weight excluding hydrogens is 499 g/mol. The number of aliphatic imine (C=N–C) groups is 1. The first-order valence-electron chi connectivity index (χ1n) is 10.7. The van der Waals surface area contributed by atoms with Crippen molar-refractivity contribution in [2.24, 2.45) is 4.99 Å². The Balaban J connectivity index is 0.00000272. The van der Waals surface area contributed by atoms with Crippen LogP contribution in [0.15, 0.2) is 71.9 Å². The van der Waals surface area contributed by atoms with Gasteiger partial charge in [-0.2, -0.15) is 0 Å². The van der Waals surface area contributed by atoms with E-state index in [2.05, 4.69) is 73.0 Å². The number of aromatic amines is 1. The molecule has 164 valence electrons. The molecule has 0 amide bonds. The van der Waals surface area contributed by atoms with Crippen LogP contribution in [0, 0.1) is 0 Å². The average Bonchev–Trinajstić information content (AvgIpc) is 3.50. The van der Waals surface area contributed by atoms with Gasteiger partial charge in [0.15, 0.2) is 5.96 Å². The van der Waals surface area contributed by atoms with Gasteiger partial charge in [-0.05, 0) is 37.1 Å². The Morgan fingerprint density at radius 2 is 1.71 bits per heavy atom. The Morgan fingerprint density at radius 3 is 2.39 bits per heavy atom. The van der Waals surface area contributed by atoms with Crippen molar-refractivity contribution in [2.75, 3.05) is 26.7 Å². The summed E-state index contributed by atoms with van der Waals surface area (Å²) in [5.74, 6) is 1.67. The molecule has 1 aromatic heterocycles. The van der Waals surface area contributed by atoms with Gasteiger partial charge >= 0.3 is 0 Å². The zero-order chi connectivity index (χ0) is 20.6. The molecule has 2 heterocycles. The molecule has 6 nitrogen and oxygen atoms in total. The summed E-state index contributed by atoms with van der Waals surface area (Å²) >= 11 is 0. The van der Waals surface area contributed by atoms with Crippen LogP contribution in [-0.4, -0.2) is 47.5 Å². The zero-order valence-corrected chi connectivity index (χ0v) is 20.3. The fourth-order valence-corrected chi connectivity index (χ4v) is 3.98. The maximum Gasteiger partial charge on any atom is 0.191 e. The number of benzene rings is 2. The van der Waals surface area contributed by atoms with E-state index in [0.717, 1.165) is 42.7 Å².